The lowest BCUT2D eigenvalue weighted by Gasteiger charge is -2.36. The van der Waals surface area contributed by atoms with Crippen LogP contribution in [0, 0.1) is 11.3 Å². The van der Waals surface area contributed by atoms with Crippen LogP contribution >= 0.6 is 11.3 Å². The van der Waals surface area contributed by atoms with Gasteiger partial charge in [-0.2, -0.15) is 0 Å². The Morgan fingerprint density at radius 2 is 2.08 bits per heavy atom. The summed E-state index contributed by atoms with van der Waals surface area (Å²) in [5.74, 6) is 2.03. The fourth-order valence-electron chi connectivity index (χ4n) is 3.42. The molecule has 0 bridgehead atoms. The van der Waals surface area contributed by atoms with Crippen molar-refractivity contribution in [2.75, 3.05) is 38.3 Å². The zero-order valence-corrected chi connectivity index (χ0v) is 16.7. The third kappa shape index (κ3) is 4.17. The highest BCUT2D eigenvalue weighted by Crippen LogP contribution is 2.32. The van der Waals surface area contributed by atoms with Gasteiger partial charge in [-0.25, -0.2) is 4.99 Å². The summed E-state index contributed by atoms with van der Waals surface area (Å²) >= 11 is 1.79. The summed E-state index contributed by atoms with van der Waals surface area (Å²) in [7, 11) is 2.10. The molecular weight excluding hydrogens is 332 g/mol. The largest absolute Gasteiger partial charge is 0.356 e. The normalized spacial score (nSPS) is 18.8. The van der Waals surface area contributed by atoms with Crippen molar-refractivity contribution < 1.29 is 4.79 Å². The van der Waals surface area contributed by atoms with E-state index in [2.05, 4.69) is 33.6 Å². The SMILES string of the molecule is CN1CN=C(N2CCC(CCNC(=O)C(C)(C)C)CC2)c2sccc21. The summed E-state index contributed by atoms with van der Waals surface area (Å²) < 4.78 is 0. The Morgan fingerprint density at radius 3 is 2.76 bits per heavy atom. The Labute approximate surface area is 155 Å². The number of hydrogen-bond donors (Lipinski definition) is 1. The molecule has 1 aromatic rings. The van der Waals surface area contributed by atoms with Crippen molar-refractivity contribution in [2.24, 2.45) is 16.3 Å². The molecule has 1 saturated heterocycles. The number of thiophene rings is 1. The number of anilines is 1. The van der Waals surface area contributed by atoms with E-state index < -0.39 is 0 Å². The molecule has 0 atom stereocenters. The van der Waals surface area contributed by atoms with E-state index in [0.29, 0.717) is 5.92 Å². The summed E-state index contributed by atoms with van der Waals surface area (Å²) in [5, 5.41) is 5.24. The standard InChI is InChI=1S/C19H30N4OS/c1-19(2,3)18(24)20-9-5-14-6-10-23(11-7-14)17-16-15(8-12-25-16)22(4)13-21-17/h8,12,14H,5-7,9-11,13H2,1-4H3,(H,20,24). The number of amides is 1. The second kappa shape index (κ2) is 7.36. The summed E-state index contributed by atoms with van der Waals surface area (Å²) in [6.07, 6.45) is 3.44. The van der Waals surface area contributed by atoms with E-state index in [4.69, 9.17) is 4.99 Å². The van der Waals surface area contributed by atoms with Crippen LogP contribution in [0.4, 0.5) is 5.69 Å². The third-order valence-electron chi connectivity index (χ3n) is 5.12. The first-order valence-electron chi connectivity index (χ1n) is 9.23. The van der Waals surface area contributed by atoms with Crippen molar-refractivity contribution in [1.29, 1.82) is 0 Å². The number of rotatable bonds is 3. The predicted octanol–water partition coefficient (Wildman–Crippen LogP) is 3.17. The zero-order valence-electron chi connectivity index (χ0n) is 15.8. The molecule has 0 aromatic carbocycles. The van der Waals surface area contributed by atoms with E-state index in [1.165, 1.54) is 29.2 Å². The van der Waals surface area contributed by atoms with Gasteiger partial charge in [-0.1, -0.05) is 20.8 Å². The molecule has 2 aliphatic rings. The maximum atomic E-state index is 11.9. The van der Waals surface area contributed by atoms with Crippen LogP contribution in [-0.2, 0) is 4.79 Å². The minimum Gasteiger partial charge on any atom is -0.356 e. The number of piperidine rings is 1. The zero-order chi connectivity index (χ0) is 18.0. The lowest BCUT2D eigenvalue weighted by molar-refractivity contribution is -0.128. The minimum atomic E-state index is -0.298. The number of nitrogens with zero attached hydrogens (tertiary/aromatic N) is 3. The first-order valence-corrected chi connectivity index (χ1v) is 10.1. The average Bonchev–Trinajstić information content (AvgIpc) is 3.06. The summed E-state index contributed by atoms with van der Waals surface area (Å²) in [6, 6.07) is 2.19. The lowest BCUT2D eigenvalue weighted by atomic mass is 9.92. The van der Waals surface area contributed by atoms with Crippen molar-refractivity contribution in [1.82, 2.24) is 10.2 Å². The maximum Gasteiger partial charge on any atom is 0.225 e. The minimum absolute atomic E-state index is 0.149. The second-order valence-electron chi connectivity index (χ2n) is 8.18. The predicted molar refractivity (Wildman–Crippen MR) is 106 cm³/mol. The average molecular weight is 363 g/mol. The van der Waals surface area contributed by atoms with Gasteiger partial charge in [-0.05, 0) is 36.6 Å². The molecule has 0 spiro atoms. The molecule has 0 aliphatic carbocycles. The lowest BCUT2D eigenvalue weighted by Crippen LogP contribution is -2.42. The molecule has 1 fully saturated rings. The van der Waals surface area contributed by atoms with Gasteiger partial charge in [0, 0.05) is 32.1 Å². The molecule has 2 aliphatic heterocycles. The van der Waals surface area contributed by atoms with Crippen LogP contribution in [0.2, 0.25) is 0 Å². The van der Waals surface area contributed by atoms with Crippen molar-refractivity contribution >= 4 is 28.8 Å². The summed E-state index contributed by atoms with van der Waals surface area (Å²) in [4.78, 5) is 22.7. The number of nitrogens with one attached hydrogen (secondary N) is 1. The topological polar surface area (TPSA) is 47.9 Å². The molecule has 0 radical (unpaired) electrons. The van der Waals surface area contributed by atoms with E-state index >= 15 is 0 Å². The van der Waals surface area contributed by atoms with Crippen LogP contribution in [0.1, 0.15) is 44.9 Å². The fourth-order valence-corrected chi connectivity index (χ4v) is 4.40. The molecule has 3 heterocycles. The smallest absolute Gasteiger partial charge is 0.225 e. The number of amidine groups is 1. The van der Waals surface area contributed by atoms with Crippen LogP contribution in [0.5, 0.6) is 0 Å². The Balaban J connectivity index is 1.48. The first-order chi connectivity index (χ1) is 11.9. The Hall–Kier alpha value is -1.56. The summed E-state index contributed by atoms with van der Waals surface area (Å²) in [5.41, 5.74) is 1.01. The Bertz CT molecular complexity index is 638. The molecule has 138 valence electrons. The number of carbonyl (C=O) groups excluding carboxylic acids is 1. The number of likely N-dealkylation sites (tertiary alicyclic amines) is 1. The van der Waals surface area contributed by atoms with Crippen molar-refractivity contribution in [3.05, 3.63) is 16.3 Å². The van der Waals surface area contributed by atoms with Gasteiger partial charge < -0.3 is 15.1 Å². The van der Waals surface area contributed by atoms with Crippen LogP contribution in [0.25, 0.3) is 0 Å². The maximum absolute atomic E-state index is 11.9. The van der Waals surface area contributed by atoms with E-state index in [-0.39, 0.29) is 11.3 Å². The highest BCUT2D eigenvalue weighted by Gasteiger charge is 2.27. The highest BCUT2D eigenvalue weighted by molar-refractivity contribution is 7.12. The Morgan fingerprint density at radius 1 is 1.36 bits per heavy atom. The van der Waals surface area contributed by atoms with E-state index in [1.807, 2.05) is 20.8 Å². The molecule has 25 heavy (non-hydrogen) atoms. The van der Waals surface area contributed by atoms with Crippen LogP contribution < -0.4 is 10.2 Å². The molecule has 1 N–H and O–H groups in total. The van der Waals surface area contributed by atoms with Gasteiger partial charge in [0.05, 0.1) is 10.6 Å². The van der Waals surface area contributed by atoms with Gasteiger partial charge in [-0.15, -0.1) is 11.3 Å². The second-order valence-corrected chi connectivity index (χ2v) is 9.10. The molecule has 3 rings (SSSR count). The third-order valence-corrected chi connectivity index (χ3v) is 6.02. The van der Waals surface area contributed by atoms with Gasteiger partial charge in [0.2, 0.25) is 5.91 Å². The molecule has 0 saturated carbocycles. The monoisotopic (exact) mass is 362 g/mol. The Kier molecular flexibility index (Phi) is 5.37. The van der Waals surface area contributed by atoms with Crippen molar-refractivity contribution in [3.63, 3.8) is 0 Å². The van der Waals surface area contributed by atoms with E-state index in [9.17, 15) is 4.79 Å². The molecule has 5 nitrogen and oxygen atoms in total. The summed E-state index contributed by atoms with van der Waals surface area (Å²) in [6.45, 7) is 9.56. The van der Waals surface area contributed by atoms with Gasteiger partial charge in [0.25, 0.3) is 0 Å². The highest BCUT2D eigenvalue weighted by atomic mass is 32.1. The van der Waals surface area contributed by atoms with Crippen LogP contribution in [0.3, 0.4) is 0 Å². The van der Waals surface area contributed by atoms with Crippen LogP contribution in [0.15, 0.2) is 16.4 Å². The molecule has 0 unspecified atom stereocenters. The number of fused-ring (bicyclic) bond motifs is 1. The molecular formula is C19H30N4OS. The quantitative estimate of drug-likeness (QED) is 0.898. The van der Waals surface area contributed by atoms with E-state index in [1.54, 1.807) is 11.3 Å². The van der Waals surface area contributed by atoms with Gasteiger partial charge in [-0.3, -0.25) is 4.79 Å². The van der Waals surface area contributed by atoms with Gasteiger partial charge >= 0.3 is 0 Å². The van der Waals surface area contributed by atoms with Crippen molar-refractivity contribution in [3.8, 4) is 0 Å². The van der Waals surface area contributed by atoms with Crippen LogP contribution in [-0.4, -0.2) is 50.0 Å². The van der Waals surface area contributed by atoms with Gasteiger partial charge in [0.1, 0.15) is 12.5 Å². The van der Waals surface area contributed by atoms with Crippen molar-refractivity contribution in [2.45, 2.75) is 40.0 Å². The molecule has 6 heteroatoms. The van der Waals surface area contributed by atoms with E-state index in [0.717, 1.165) is 32.7 Å². The molecule has 1 amide bonds. The first kappa shape index (κ1) is 18.2. The number of hydrogen-bond acceptors (Lipinski definition) is 5. The number of carbonyl (C=O) groups is 1. The number of aliphatic imine (C=N–C) groups is 1. The molecule has 1 aromatic heterocycles. The fraction of sp³-hybridized carbons (Fsp3) is 0.684. The van der Waals surface area contributed by atoms with Gasteiger partial charge in [0.15, 0.2) is 0 Å².